The molecular weight excluding hydrogens is 424 g/mol. The molecule has 0 saturated heterocycles. The molecule has 0 bridgehead atoms. The van der Waals surface area contributed by atoms with E-state index in [1.165, 1.54) is 5.56 Å². The maximum Gasteiger partial charge on any atom is 0.273 e. The molecule has 1 amide bonds. The molecule has 0 fully saturated rings. The Morgan fingerprint density at radius 1 is 1.15 bits per heavy atom. The van der Waals surface area contributed by atoms with E-state index in [9.17, 15) is 4.79 Å². The molecule has 1 N–H and O–H groups in total. The van der Waals surface area contributed by atoms with Crippen LogP contribution in [0, 0.1) is 20.8 Å². The Hall–Kier alpha value is -3.74. The van der Waals surface area contributed by atoms with Gasteiger partial charge >= 0.3 is 0 Å². The number of hydrogen-bond donors (Lipinski definition) is 1. The highest BCUT2D eigenvalue weighted by Crippen LogP contribution is 2.32. The second-order valence-corrected chi connectivity index (χ2v) is 9.15. The Morgan fingerprint density at radius 3 is 2.74 bits per heavy atom. The van der Waals surface area contributed by atoms with E-state index < -0.39 is 0 Å². The second kappa shape index (κ2) is 8.56. The van der Waals surface area contributed by atoms with Gasteiger partial charge in [0.25, 0.3) is 5.91 Å². The molecule has 3 heterocycles. The summed E-state index contributed by atoms with van der Waals surface area (Å²) in [5.41, 5.74) is 8.89. The van der Waals surface area contributed by atoms with Crippen molar-refractivity contribution in [1.29, 1.82) is 0 Å². The first-order valence-electron chi connectivity index (χ1n) is 11.8. The largest absolute Gasteiger partial charge is 0.384 e. The van der Waals surface area contributed by atoms with Crippen LogP contribution in [0.4, 0.5) is 5.69 Å². The average molecular weight is 455 g/mol. The van der Waals surface area contributed by atoms with Crippen LogP contribution in [0.2, 0.25) is 0 Å². The molecule has 1 aliphatic heterocycles. The van der Waals surface area contributed by atoms with Gasteiger partial charge in [-0.1, -0.05) is 17.7 Å². The summed E-state index contributed by atoms with van der Waals surface area (Å²) >= 11 is 0. The van der Waals surface area contributed by atoms with Crippen molar-refractivity contribution in [3.8, 4) is 11.4 Å². The van der Waals surface area contributed by atoms with E-state index in [4.69, 9.17) is 9.97 Å². The zero-order chi connectivity index (χ0) is 24.0. The minimum atomic E-state index is -0.125. The monoisotopic (exact) mass is 454 g/mol. The first-order valence-corrected chi connectivity index (χ1v) is 11.8. The van der Waals surface area contributed by atoms with Gasteiger partial charge in [0.1, 0.15) is 5.69 Å². The highest BCUT2D eigenvalue weighted by Gasteiger charge is 2.22. The van der Waals surface area contributed by atoms with Gasteiger partial charge in [0.2, 0.25) is 0 Å². The van der Waals surface area contributed by atoms with Gasteiger partial charge in [-0.05, 0) is 63.4 Å². The van der Waals surface area contributed by atoms with Crippen LogP contribution in [0.1, 0.15) is 45.4 Å². The molecule has 174 valence electrons. The molecule has 4 aromatic rings. The Labute approximate surface area is 199 Å². The summed E-state index contributed by atoms with van der Waals surface area (Å²) in [5, 5.41) is 8.63. The number of carbonyl (C=O) groups is 1. The molecule has 5 rings (SSSR count). The molecule has 0 radical (unpaired) electrons. The topological polar surface area (TPSA) is 75.9 Å². The van der Waals surface area contributed by atoms with Crippen LogP contribution < -0.4 is 5.32 Å². The third-order valence-electron chi connectivity index (χ3n) is 6.71. The number of anilines is 1. The molecule has 34 heavy (non-hydrogen) atoms. The zero-order valence-corrected chi connectivity index (χ0v) is 20.4. The number of aryl methyl sites for hydroxylation is 3. The Balaban J connectivity index is 1.59. The normalized spacial score (nSPS) is 12.6. The summed E-state index contributed by atoms with van der Waals surface area (Å²) in [6, 6.07) is 10.3. The number of benzene rings is 2. The fourth-order valence-electron chi connectivity index (χ4n) is 4.70. The minimum Gasteiger partial charge on any atom is -0.384 e. The third kappa shape index (κ3) is 3.81. The summed E-state index contributed by atoms with van der Waals surface area (Å²) in [7, 11) is 1.82. The van der Waals surface area contributed by atoms with Crippen molar-refractivity contribution in [3.05, 3.63) is 70.2 Å². The van der Waals surface area contributed by atoms with Crippen molar-refractivity contribution >= 4 is 22.5 Å². The Morgan fingerprint density at radius 2 is 1.97 bits per heavy atom. The maximum absolute atomic E-state index is 13.7. The molecule has 7 heteroatoms. The highest BCUT2D eigenvalue weighted by molar-refractivity contribution is 6.05. The predicted octanol–water partition coefficient (Wildman–Crippen LogP) is 4.68. The standard InChI is InChI=1S/C27H30N6O/c1-6-33-18(4)20(14-29-33)15-32(5)27(34)25-22-11-16(2)7-8-23(22)30-26(31-25)21-13-24-19(9-10-28-24)12-17(21)3/h7-8,11-14,28H,6,9-10,15H2,1-5H3. The van der Waals surface area contributed by atoms with Crippen LogP contribution >= 0.6 is 0 Å². The number of fused-ring (bicyclic) bond motifs is 2. The smallest absolute Gasteiger partial charge is 0.273 e. The molecule has 1 aliphatic rings. The minimum absolute atomic E-state index is 0.125. The van der Waals surface area contributed by atoms with Crippen molar-refractivity contribution in [2.75, 3.05) is 18.9 Å². The molecule has 0 saturated carbocycles. The van der Waals surface area contributed by atoms with Crippen LogP contribution in [0.3, 0.4) is 0 Å². The van der Waals surface area contributed by atoms with E-state index in [0.29, 0.717) is 18.1 Å². The van der Waals surface area contributed by atoms with Gasteiger partial charge in [-0.3, -0.25) is 9.48 Å². The summed E-state index contributed by atoms with van der Waals surface area (Å²) in [6.07, 6.45) is 2.87. The number of aromatic nitrogens is 4. The Kier molecular flexibility index (Phi) is 5.55. The molecular formula is C27H30N6O. The number of rotatable bonds is 5. The van der Waals surface area contributed by atoms with Gasteiger partial charge in [-0.15, -0.1) is 0 Å². The average Bonchev–Trinajstić information content (AvgIpc) is 3.43. The first-order chi connectivity index (χ1) is 16.4. The fraction of sp³-hybridized carbons (Fsp3) is 0.333. The van der Waals surface area contributed by atoms with Crippen molar-refractivity contribution in [1.82, 2.24) is 24.6 Å². The summed E-state index contributed by atoms with van der Waals surface area (Å²) in [5.74, 6) is 0.455. The van der Waals surface area contributed by atoms with Crippen molar-refractivity contribution < 1.29 is 4.79 Å². The van der Waals surface area contributed by atoms with Crippen LogP contribution in [-0.2, 0) is 19.5 Å². The zero-order valence-electron chi connectivity index (χ0n) is 20.4. The highest BCUT2D eigenvalue weighted by atomic mass is 16.2. The SMILES string of the molecule is CCn1ncc(CN(C)C(=O)c2nc(-c3cc4c(cc3C)CCN4)nc3ccc(C)cc23)c1C. The van der Waals surface area contributed by atoms with Gasteiger partial charge < -0.3 is 10.2 Å². The third-order valence-corrected chi connectivity index (χ3v) is 6.71. The van der Waals surface area contributed by atoms with E-state index in [0.717, 1.165) is 64.0 Å². The van der Waals surface area contributed by atoms with Gasteiger partial charge in [0.15, 0.2) is 5.82 Å². The summed E-state index contributed by atoms with van der Waals surface area (Å²) in [6.45, 7) is 10.4. The number of nitrogens with one attached hydrogen (secondary N) is 1. The summed E-state index contributed by atoms with van der Waals surface area (Å²) < 4.78 is 1.94. The Bertz CT molecular complexity index is 1420. The molecule has 0 spiro atoms. The van der Waals surface area contributed by atoms with Gasteiger partial charge in [-0.25, -0.2) is 9.97 Å². The van der Waals surface area contributed by atoms with Crippen molar-refractivity contribution in [2.24, 2.45) is 0 Å². The predicted molar refractivity (Wildman–Crippen MR) is 135 cm³/mol. The van der Waals surface area contributed by atoms with Crippen molar-refractivity contribution in [2.45, 2.75) is 47.2 Å². The maximum atomic E-state index is 13.7. The van der Waals surface area contributed by atoms with Crippen LogP contribution in [0.5, 0.6) is 0 Å². The van der Waals surface area contributed by atoms with Gasteiger partial charge in [0, 0.05) is 54.6 Å². The number of hydrogen-bond acceptors (Lipinski definition) is 5. The van der Waals surface area contributed by atoms with Crippen LogP contribution in [0.15, 0.2) is 36.5 Å². The van der Waals surface area contributed by atoms with Gasteiger partial charge in [0.05, 0.1) is 11.7 Å². The van der Waals surface area contributed by atoms with Crippen molar-refractivity contribution in [3.63, 3.8) is 0 Å². The number of carbonyl (C=O) groups excluding carboxylic acids is 1. The van der Waals surface area contributed by atoms with E-state index >= 15 is 0 Å². The lowest BCUT2D eigenvalue weighted by atomic mass is 10.0. The van der Waals surface area contributed by atoms with E-state index in [1.54, 1.807) is 4.90 Å². The van der Waals surface area contributed by atoms with Crippen LogP contribution in [-0.4, -0.2) is 44.1 Å². The first kappa shape index (κ1) is 22.1. The van der Waals surface area contributed by atoms with E-state index in [2.05, 4.69) is 36.4 Å². The van der Waals surface area contributed by atoms with E-state index in [1.807, 2.05) is 50.0 Å². The second-order valence-electron chi connectivity index (χ2n) is 9.15. The van der Waals surface area contributed by atoms with Crippen LogP contribution in [0.25, 0.3) is 22.3 Å². The molecule has 0 unspecified atom stereocenters. The lowest BCUT2D eigenvalue weighted by molar-refractivity contribution is 0.0781. The number of amides is 1. The quantitative estimate of drug-likeness (QED) is 0.474. The fourth-order valence-corrected chi connectivity index (χ4v) is 4.70. The molecule has 2 aromatic carbocycles. The molecule has 0 atom stereocenters. The molecule has 2 aromatic heterocycles. The lowest BCUT2D eigenvalue weighted by Crippen LogP contribution is -2.28. The molecule has 0 aliphatic carbocycles. The van der Waals surface area contributed by atoms with Gasteiger partial charge in [-0.2, -0.15) is 5.10 Å². The summed E-state index contributed by atoms with van der Waals surface area (Å²) in [4.78, 5) is 25.1. The number of nitrogens with zero attached hydrogens (tertiary/aromatic N) is 5. The molecule has 7 nitrogen and oxygen atoms in total. The lowest BCUT2D eigenvalue weighted by Gasteiger charge is -2.19. The van der Waals surface area contributed by atoms with E-state index in [-0.39, 0.29) is 5.91 Å².